The highest BCUT2D eigenvalue weighted by Gasteiger charge is 2.20. The standard InChI is InChI=1S/C22H31FN6O2S/c1-16(2)10-11-24-21(31)25-20(30)15-32-22-27-26-19(14-28-12-4-3-5-13-28)29(22)18-8-6-17(23)7-9-18/h6-9,16H,3-5,10-15H2,1-2H3,(H2,24,25,30,31). The molecular weight excluding hydrogens is 431 g/mol. The van der Waals surface area contributed by atoms with E-state index in [0.29, 0.717) is 24.2 Å². The Morgan fingerprint density at radius 2 is 1.84 bits per heavy atom. The quantitative estimate of drug-likeness (QED) is 0.555. The van der Waals surface area contributed by atoms with Gasteiger partial charge in [-0.15, -0.1) is 10.2 Å². The molecule has 0 aliphatic carbocycles. The molecule has 0 radical (unpaired) electrons. The topological polar surface area (TPSA) is 92.2 Å². The number of urea groups is 1. The lowest BCUT2D eigenvalue weighted by molar-refractivity contribution is -0.117. The molecule has 1 aliphatic rings. The van der Waals surface area contributed by atoms with Crippen molar-refractivity contribution in [1.82, 2.24) is 30.3 Å². The number of benzene rings is 1. The molecule has 1 aliphatic heterocycles. The summed E-state index contributed by atoms with van der Waals surface area (Å²) >= 11 is 1.19. The van der Waals surface area contributed by atoms with Gasteiger partial charge in [0.05, 0.1) is 12.3 Å². The number of nitrogens with one attached hydrogen (secondary N) is 2. The summed E-state index contributed by atoms with van der Waals surface area (Å²) in [6, 6.07) is 5.63. The number of aromatic nitrogens is 3. The average molecular weight is 463 g/mol. The largest absolute Gasteiger partial charge is 0.338 e. The first-order chi connectivity index (χ1) is 15.4. The van der Waals surface area contributed by atoms with Gasteiger partial charge in [-0.2, -0.15) is 0 Å². The van der Waals surface area contributed by atoms with Crippen molar-refractivity contribution in [1.29, 1.82) is 0 Å². The highest BCUT2D eigenvalue weighted by molar-refractivity contribution is 7.99. The third-order valence-electron chi connectivity index (χ3n) is 5.19. The van der Waals surface area contributed by atoms with Gasteiger partial charge in [0.1, 0.15) is 5.82 Å². The number of rotatable bonds is 9. The molecule has 32 heavy (non-hydrogen) atoms. The van der Waals surface area contributed by atoms with Gasteiger partial charge >= 0.3 is 6.03 Å². The van der Waals surface area contributed by atoms with Crippen LogP contribution in [0.2, 0.25) is 0 Å². The number of hydrogen-bond acceptors (Lipinski definition) is 6. The van der Waals surface area contributed by atoms with Crippen LogP contribution in [0.1, 0.15) is 45.4 Å². The fourth-order valence-electron chi connectivity index (χ4n) is 3.47. The van der Waals surface area contributed by atoms with Gasteiger partial charge in [0.25, 0.3) is 0 Å². The summed E-state index contributed by atoms with van der Waals surface area (Å²) in [5.41, 5.74) is 0.734. The molecule has 10 heteroatoms. The zero-order valence-corrected chi connectivity index (χ0v) is 19.5. The van der Waals surface area contributed by atoms with Crippen molar-refractivity contribution in [3.05, 3.63) is 35.9 Å². The van der Waals surface area contributed by atoms with Gasteiger partial charge in [-0.05, 0) is 62.5 Å². The molecule has 2 heterocycles. The smallest absolute Gasteiger partial charge is 0.321 e. The zero-order chi connectivity index (χ0) is 22.9. The van der Waals surface area contributed by atoms with E-state index in [9.17, 15) is 14.0 Å². The van der Waals surface area contributed by atoms with Crippen molar-refractivity contribution < 1.29 is 14.0 Å². The maximum atomic E-state index is 13.5. The summed E-state index contributed by atoms with van der Waals surface area (Å²) < 4.78 is 15.3. The van der Waals surface area contributed by atoms with E-state index in [1.807, 2.05) is 4.57 Å². The van der Waals surface area contributed by atoms with E-state index < -0.39 is 11.9 Å². The van der Waals surface area contributed by atoms with Gasteiger partial charge < -0.3 is 5.32 Å². The molecule has 3 amide bonds. The van der Waals surface area contributed by atoms with Crippen LogP contribution in [0.3, 0.4) is 0 Å². The summed E-state index contributed by atoms with van der Waals surface area (Å²) in [6.07, 6.45) is 4.40. The molecule has 2 N–H and O–H groups in total. The van der Waals surface area contributed by atoms with E-state index in [-0.39, 0.29) is 11.6 Å². The van der Waals surface area contributed by atoms with Crippen LogP contribution in [0.15, 0.2) is 29.4 Å². The van der Waals surface area contributed by atoms with Crippen LogP contribution in [0, 0.1) is 11.7 Å². The molecule has 1 fully saturated rings. The highest BCUT2D eigenvalue weighted by Crippen LogP contribution is 2.24. The number of amides is 3. The van der Waals surface area contributed by atoms with Gasteiger partial charge in [-0.25, -0.2) is 9.18 Å². The first-order valence-electron chi connectivity index (χ1n) is 11.1. The highest BCUT2D eigenvalue weighted by atomic mass is 32.2. The lowest BCUT2D eigenvalue weighted by Gasteiger charge is -2.26. The number of carbonyl (C=O) groups is 2. The number of hydrogen-bond donors (Lipinski definition) is 2. The fraction of sp³-hybridized carbons (Fsp3) is 0.545. The Hall–Kier alpha value is -2.46. The molecule has 0 spiro atoms. The minimum atomic E-state index is -0.498. The number of nitrogens with zero attached hydrogens (tertiary/aromatic N) is 4. The van der Waals surface area contributed by atoms with Gasteiger partial charge in [0.15, 0.2) is 11.0 Å². The predicted molar refractivity (Wildman–Crippen MR) is 122 cm³/mol. The number of halogens is 1. The lowest BCUT2D eigenvalue weighted by Crippen LogP contribution is -2.40. The first kappa shape index (κ1) is 24.2. The second kappa shape index (κ2) is 12.0. The number of thioether (sulfide) groups is 1. The zero-order valence-electron chi connectivity index (χ0n) is 18.6. The van der Waals surface area contributed by atoms with Crippen LogP contribution in [-0.2, 0) is 11.3 Å². The van der Waals surface area contributed by atoms with Gasteiger partial charge in [0.2, 0.25) is 5.91 Å². The Labute approximate surface area is 192 Å². The van der Waals surface area contributed by atoms with E-state index in [1.54, 1.807) is 12.1 Å². The Morgan fingerprint density at radius 3 is 2.53 bits per heavy atom. The number of piperidine rings is 1. The Morgan fingerprint density at radius 1 is 1.12 bits per heavy atom. The number of carbonyl (C=O) groups excluding carboxylic acids is 2. The molecule has 174 valence electrons. The monoisotopic (exact) mass is 462 g/mol. The van der Waals surface area contributed by atoms with Crippen LogP contribution in [0.4, 0.5) is 9.18 Å². The molecular formula is C22H31FN6O2S. The molecule has 1 saturated heterocycles. The second-order valence-electron chi connectivity index (χ2n) is 8.32. The summed E-state index contributed by atoms with van der Waals surface area (Å²) in [5.74, 6) is 0.492. The van der Waals surface area contributed by atoms with Gasteiger partial charge in [-0.1, -0.05) is 32.0 Å². The van der Waals surface area contributed by atoms with Crippen molar-refractivity contribution >= 4 is 23.7 Å². The minimum Gasteiger partial charge on any atom is -0.338 e. The SMILES string of the molecule is CC(C)CCNC(=O)NC(=O)CSc1nnc(CN2CCCCC2)n1-c1ccc(F)cc1. The minimum absolute atomic E-state index is 0.0145. The van der Waals surface area contributed by atoms with E-state index in [1.165, 1.54) is 30.3 Å². The van der Waals surface area contributed by atoms with E-state index in [4.69, 9.17) is 0 Å². The molecule has 1 aromatic heterocycles. The van der Waals surface area contributed by atoms with Crippen molar-refractivity contribution in [2.24, 2.45) is 5.92 Å². The Bertz CT molecular complexity index is 896. The molecule has 1 aromatic carbocycles. The van der Waals surface area contributed by atoms with E-state index >= 15 is 0 Å². The third kappa shape index (κ3) is 7.30. The predicted octanol–water partition coefficient (Wildman–Crippen LogP) is 3.36. The summed E-state index contributed by atoms with van der Waals surface area (Å²) in [7, 11) is 0. The van der Waals surface area contributed by atoms with E-state index in [2.05, 4.69) is 39.6 Å². The number of likely N-dealkylation sites (tertiary alicyclic amines) is 1. The molecule has 8 nitrogen and oxygen atoms in total. The van der Waals surface area contributed by atoms with Crippen molar-refractivity contribution in [2.75, 3.05) is 25.4 Å². The molecule has 0 unspecified atom stereocenters. The fourth-order valence-corrected chi connectivity index (χ4v) is 4.25. The maximum absolute atomic E-state index is 13.5. The molecule has 0 saturated carbocycles. The van der Waals surface area contributed by atoms with Gasteiger partial charge in [0, 0.05) is 12.2 Å². The average Bonchev–Trinajstić information content (AvgIpc) is 3.15. The van der Waals surface area contributed by atoms with Crippen LogP contribution in [0.5, 0.6) is 0 Å². The van der Waals surface area contributed by atoms with Crippen molar-refractivity contribution in [3.63, 3.8) is 0 Å². The lowest BCUT2D eigenvalue weighted by atomic mass is 10.1. The van der Waals surface area contributed by atoms with Crippen molar-refractivity contribution in [3.8, 4) is 5.69 Å². The molecule has 2 aromatic rings. The van der Waals surface area contributed by atoms with Crippen LogP contribution >= 0.6 is 11.8 Å². The maximum Gasteiger partial charge on any atom is 0.321 e. The summed E-state index contributed by atoms with van der Waals surface area (Å²) in [4.78, 5) is 26.4. The molecule has 0 atom stereocenters. The van der Waals surface area contributed by atoms with E-state index in [0.717, 1.165) is 43.9 Å². The molecule has 0 bridgehead atoms. The normalized spacial score (nSPS) is 14.5. The van der Waals surface area contributed by atoms with Crippen molar-refractivity contribution in [2.45, 2.75) is 51.2 Å². The van der Waals surface area contributed by atoms with Crippen LogP contribution in [-0.4, -0.2) is 57.0 Å². The van der Waals surface area contributed by atoms with Crippen LogP contribution in [0.25, 0.3) is 5.69 Å². The first-order valence-corrected chi connectivity index (χ1v) is 12.0. The Balaban J connectivity index is 1.65. The third-order valence-corrected chi connectivity index (χ3v) is 6.12. The Kier molecular flexibility index (Phi) is 9.04. The van der Waals surface area contributed by atoms with Crippen LogP contribution < -0.4 is 10.6 Å². The summed E-state index contributed by atoms with van der Waals surface area (Å²) in [5, 5.41) is 14.2. The molecule has 3 rings (SSSR count). The number of imide groups is 1. The summed E-state index contributed by atoms with van der Waals surface area (Å²) in [6.45, 7) is 7.30. The van der Waals surface area contributed by atoms with Gasteiger partial charge in [-0.3, -0.25) is 19.6 Å². The second-order valence-corrected chi connectivity index (χ2v) is 9.27.